The fraction of sp³-hybridized carbons (Fsp3) is 0.500. The van der Waals surface area contributed by atoms with Gasteiger partial charge in [-0.25, -0.2) is 0 Å². The molecule has 1 aromatic carbocycles. The first-order valence-corrected chi connectivity index (χ1v) is 8.24. The monoisotopic (exact) mass is 319 g/mol. The van der Waals surface area contributed by atoms with Gasteiger partial charge in [-0.1, -0.05) is 15.9 Å². The molecule has 0 spiro atoms. The van der Waals surface area contributed by atoms with Crippen LogP contribution in [0.15, 0.2) is 22.7 Å². The fourth-order valence-electron chi connectivity index (χ4n) is 4.19. The molecule has 1 aliphatic heterocycles. The van der Waals surface area contributed by atoms with E-state index in [4.69, 9.17) is 0 Å². The van der Waals surface area contributed by atoms with Crippen LogP contribution >= 0.6 is 15.9 Å². The van der Waals surface area contributed by atoms with Gasteiger partial charge in [-0.05, 0) is 43.5 Å². The Morgan fingerprint density at radius 1 is 1.42 bits per heavy atom. The summed E-state index contributed by atoms with van der Waals surface area (Å²) in [5.41, 5.74) is 4.75. The largest absolute Gasteiger partial charge is 0.334 e. The first kappa shape index (κ1) is 12.0. The summed E-state index contributed by atoms with van der Waals surface area (Å²) in [6.07, 6.45) is 3.99. The highest BCUT2D eigenvalue weighted by molar-refractivity contribution is 9.10. The molecule has 1 unspecified atom stereocenters. The van der Waals surface area contributed by atoms with E-state index < -0.39 is 0 Å². The predicted molar refractivity (Wildman–Crippen MR) is 81.7 cm³/mol. The Balaban J connectivity index is 2.01. The van der Waals surface area contributed by atoms with E-state index in [1.54, 1.807) is 16.2 Å². The predicted octanol–water partition coefficient (Wildman–Crippen LogP) is 2.70. The average molecular weight is 320 g/mol. The van der Waals surface area contributed by atoms with Gasteiger partial charge in [-0.2, -0.15) is 0 Å². The lowest BCUT2D eigenvalue weighted by Gasteiger charge is -2.36. The van der Waals surface area contributed by atoms with Crippen molar-refractivity contribution in [2.75, 3.05) is 13.1 Å². The molecule has 0 bridgehead atoms. The van der Waals surface area contributed by atoms with Crippen molar-refractivity contribution in [3.05, 3.63) is 33.9 Å². The van der Waals surface area contributed by atoms with Crippen LogP contribution in [0.4, 0.5) is 0 Å². The third-order valence-corrected chi connectivity index (χ3v) is 5.52. The van der Waals surface area contributed by atoms with Gasteiger partial charge >= 0.3 is 0 Å². The van der Waals surface area contributed by atoms with Gasteiger partial charge in [0.25, 0.3) is 0 Å². The Kier molecular flexibility index (Phi) is 2.75. The summed E-state index contributed by atoms with van der Waals surface area (Å²) < 4.78 is 3.82. The highest BCUT2D eigenvalue weighted by atomic mass is 79.9. The van der Waals surface area contributed by atoms with Gasteiger partial charge in [0.2, 0.25) is 0 Å². The van der Waals surface area contributed by atoms with Crippen LogP contribution < -0.4 is 4.90 Å². The van der Waals surface area contributed by atoms with E-state index in [0.717, 1.165) is 6.04 Å². The maximum Gasteiger partial charge on any atom is 0.129 e. The van der Waals surface area contributed by atoms with Crippen LogP contribution in [0.25, 0.3) is 10.9 Å². The van der Waals surface area contributed by atoms with Gasteiger partial charge < -0.3 is 9.47 Å². The Bertz CT molecular complexity index is 644. The summed E-state index contributed by atoms with van der Waals surface area (Å²) in [5.74, 6) is 0. The number of likely N-dealkylation sites (N-methyl/N-ethyl adjacent to an activating group) is 1. The number of halogens is 1. The molecule has 0 fully saturated rings. The molecule has 2 aromatic rings. The van der Waals surface area contributed by atoms with E-state index in [1.807, 2.05) is 0 Å². The summed E-state index contributed by atoms with van der Waals surface area (Å²) in [5, 5.41) is 1.49. The summed E-state index contributed by atoms with van der Waals surface area (Å²) in [6.45, 7) is 6.06. The van der Waals surface area contributed by atoms with Crippen LogP contribution in [0, 0.1) is 0 Å². The molecule has 3 heteroatoms. The minimum absolute atomic E-state index is 0.744. The number of nitrogens with zero attached hydrogens (tertiary/aromatic N) is 1. The van der Waals surface area contributed by atoms with Crippen LogP contribution in [0.1, 0.15) is 37.1 Å². The summed E-state index contributed by atoms with van der Waals surface area (Å²) >= 11 is 3.63. The third kappa shape index (κ3) is 1.64. The zero-order valence-electron chi connectivity index (χ0n) is 11.4. The van der Waals surface area contributed by atoms with Crippen molar-refractivity contribution >= 4 is 26.8 Å². The van der Waals surface area contributed by atoms with Gasteiger partial charge in [0.15, 0.2) is 0 Å². The molecular formula is C16H20BrN2+. The van der Waals surface area contributed by atoms with Crippen molar-refractivity contribution < 1.29 is 4.90 Å². The van der Waals surface area contributed by atoms with Gasteiger partial charge in [0.05, 0.1) is 25.3 Å². The van der Waals surface area contributed by atoms with Crippen molar-refractivity contribution in [1.29, 1.82) is 0 Å². The molecule has 100 valence electrons. The van der Waals surface area contributed by atoms with Crippen molar-refractivity contribution in [3.63, 3.8) is 0 Å². The average Bonchev–Trinajstić information content (AvgIpc) is 2.75. The van der Waals surface area contributed by atoms with Crippen molar-refractivity contribution in [3.8, 4) is 0 Å². The lowest BCUT2D eigenvalue weighted by Crippen LogP contribution is -3.13. The summed E-state index contributed by atoms with van der Waals surface area (Å²) in [6, 6.07) is 7.55. The molecule has 2 atom stereocenters. The van der Waals surface area contributed by atoms with Crippen molar-refractivity contribution in [1.82, 2.24) is 4.57 Å². The van der Waals surface area contributed by atoms with E-state index in [-0.39, 0.29) is 0 Å². The van der Waals surface area contributed by atoms with Crippen LogP contribution in [0.3, 0.4) is 0 Å². The first-order valence-electron chi connectivity index (χ1n) is 7.44. The lowest BCUT2D eigenvalue weighted by atomic mass is 9.90. The van der Waals surface area contributed by atoms with Crippen molar-refractivity contribution in [2.24, 2.45) is 0 Å². The molecule has 2 aliphatic rings. The maximum atomic E-state index is 3.63. The van der Waals surface area contributed by atoms with E-state index in [2.05, 4.69) is 45.6 Å². The summed E-state index contributed by atoms with van der Waals surface area (Å²) in [4.78, 5) is 1.79. The van der Waals surface area contributed by atoms with Crippen molar-refractivity contribution in [2.45, 2.75) is 38.8 Å². The number of rotatable bonds is 1. The Morgan fingerprint density at radius 2 is 2.32 bits per heavy atom. The number of quaternary nitrogens is 1. The smallest absolute Gasteiger partial charge is 0.129 e. The lowest BCUT2D eigenvalue weighted by molar-refractivity contribution is -0.935. The number of aryl methyl sites for hydroxylation is 1. The number of fused-ring (bicyclic) bond motifs is 3. The zero-order chi connectivity index (χ0) is 13.0. The number of hydrogen-bond donors (Lipinski definition) is 1. The van der Waals surface area contributed by atoms with Crippen LogP contribution in [0.5, 0.6) is 0 Å². The standard InChI is InChI=1S/C16H19BrN2/c1-2-18-8-9-19-14-7-6-11(17)10-13(14)12-4-3-5-15(18)16(12)19/h6-7,10,15H,2-5,8-9H2,1H3/p+1/t15-/m0/s1. The molecular weight excluding hydrogens is 300 g/mol. The molecule has 0 amide bonds. The van der Waals surface area contributed by atoms with Crippen LogP contribution in [0.2, 0.25) is 0 Å². The molecule has 1 aromatic heterocycles. The second-order valence-corrected chi connectivity index (χ2v) is 6.80. The fourth-order valence-corrected chi connectivity index (χ4v) is 4.55. The van der Waals surface area contributed by atoms with Gasteiger partial charge in [0, 0.05) is 21.8 Å². The molecule has 4 rings (SSSR count). The highest BCUT2D eigenvalue weighted by Crippen LogP contribution is 2.38. The van der Waals surface area contributed by atoms with E-state index in [9.17, 15) is 0 Å². The van der Waals surface area contributed by atoms with Gasteiger partial charge in [-0.3, -0.25) is 0 Å². The number of benzene rings is 1. The Hall–Kier alpha value is -0.800. The van der Waals surface area contributed by atoms with E-state index >= 15 is 0 Å². The zero-order valence-corrected chi connectivity index (χ0v) is 13.0. The highest BCUT2D eigenvalue weighted by Gasteiger charge is 2.36. The second kappa shape index (κ2) is 4.35. The Labute approximate surface area is 122 Å². The summed E-state index contributed by atoms with van der Waals surface area (Å²) in [7, 11) is 0. The molecule has 0 radical (unpaired) electrons. The SMILES string of the molecule is CC[NH+]1CCn2c3c(c4cc(Br)ccc42)CCC[C@@H]31. The minimum atomic E-state index is 0.744. The first-order chi connectivity index (χ1) is 9.29. The second-order valence-electron chi connectivity index (χ2n) is 5.88. The molecule has 2 nitrogen and oxygen atoms in total. The van der Waals surface area contributed by atoms with E-state index in [0.29, 0.717) is 0 Å². The Morgan fingerprint density at radius 3 is 3.16 bits per heavy atom. The van der Waals surface area contributed by atoms with Gasteiger partial charge in [-0.15, -0.1) is 0 Å². The molecule has 1 aliphatic carbocycles. The molecule has 1 N–H and O–H groups in total. The number of nitrogens with one attached hydrogen (secondary N) is 1. The molecule has 19 heavy (non-hydrogen) atoms. The number of hydrogen-bond acceptors (Lipinski definition) is 0. The van der Waals surface area contributed by atoms with Gasteiger partial charge in [0.1, 0.15) is 6.04 Å². The number of aromatic nitrogens is 1. The maximum absolute atomic E-state index is 3.63. The molecule has 0 saturated heterocycles. The quantitative estimate of drug-likeness (QED) is 0.828. The normalized spacial score (nSPS) is 25.6. The van der Waals surface area contributed by atoms with E-state index in [1.165, 1.54) is 54.3 Å². The topological polar surface area (TPSA) is 9.37 Å². The van der Waals surface area contributed by atoms with Crippen LogP contribution in [-0.4, -0.2) is 17.7 Å². The minimum Gasteiger partial charge on any atom is -0.334 e. The molecule has 0 saturated carbocycles. The third-order valence-electron chi connectivity index (χ3n) is 5.03. The van der Waals surface area contributed by atoms with Crippen LogP contribution in [-0.2, 0) is 13.0 Å². The molecule has 2 heterocycles.